The number of carbonyl (C=O) groups is 4. The summed E-state index contributed by atoms with van der Waals surface area (Å²) in [5.74, 6) is -0.183. The van der Waals surface area contributed by atoms with Crippen molar-refractivity contribution in [1.82, 2.24) is 15.6 Å². The van der Waals surface area contributed by atoms with E-state index in [1.807, 2.05) is 25.3 Å². The van der Waals surface area contributed by atoms with Crippen LogP contribution in [0.25, 0.3) is 0 Å². The molecule has 3 heterocycles. The van der Waals surface area contributed by atoms with E-state index in [-0.39, 0.29) is 35.8 Å². The number of carbonyl (C=O) groups excluding carboxylic acids is 4. The number of unbranched alkanes of at least 4 members (excludes halogenated alkanes) is 6. The van der Waals surface area contributed by atoms with Gasteiger partial charge in [-0.1, -0.05) is 64.3 Å². The minimum Gasteiger partial charge on any atom is -0.456 e. The monoisotopic (exact) mass is 650 g/mol. The summed E-state index contributed by atoms with van der Waals surface area (Å²) in [4.78, 5) is 60.8. The van der Waals surface area contributed by atoms with Crippen molar-refractivity contribution in [3.8, 4) is 0 Å². The molecule has 0 fully saturated rings. The molecule has 1 aromatic heterocycles. The number of nitrogens with zero attached hydrogens (tertiary/aromatic N) is 2. The van der Waals surface area contributed by atoms with E-state index < -0.39 is 23.7 Å². The molecule has 2 amide bonds. The minimum atomic E-state index is -1.03. The molecular formula is C31H46N4O5S3. The van der Waals surface area contributed by atoms with E-state index >= 15 is 0 Å². The highest BCUT2D eigenvalue weighted by molar-refractivity contribution is 8.14. The zero-order valence-corrected chi connectivity index (χ0v) is 28.3. The van der Waals surface area contributed by atoms with Gasteiger partial charge < -0.3 is 15.4 Å². The van der Waals surface area contributed by atoms with Crippen molar-refractivity contribution in [2.45, 2.75) is 116 Å². The van der Waals surface area contributed by atoms with Crippen LogP contribution in [-0.2, 0) is 30.5 Å². The Balaban J connectivity index is 1.58. The third-order valence-electron chi connectivity index (χ3n) is 7.26. The van der Waals surface area contributed by atoms with Crippen molar-refractivity contribution in [3.05, 3.63) is 28.2 Å². The minimum absolute atomic E-state index is 0.0396. The first-order valence-electron chi connectivity index (χ1n) is 15.4. The van der Waals surface area contributed by atoms with Crippen molar-refractivity contribution < 1.29 is 23.9 Å². The molecule has 0 aliphatic carbocycles. The van der Waals surface area contributed by atoms with Crippen LogP contribution in [0.3, 0.4) is 0 Å². The molecule has 0 aromatic carbocycles. The summed E-state index contributed by atoms with van der Waals surface area (Å²) < 4.78 is 5.80. The fourth-order valence-electron chi connectivity index (χ4n) is 4.57. The number of allylic oxidation sites excluding steroid dienone is 1. The van der Waals surface area contributed by atoms with Gasteiger partial charge in [-0.3, -0.25) is 19.4 Å². The zero-order valence-electron chi connectivity index (χ0n) is 25.8. The molecule has 2 N–H and O–H groups in total. The van der Waals surface area contributed by atoms with Gasteiger partial charge in [0.1, 0.15) is 33.4 Å². The van der Waals surface area contributed by atoms with Crippen LogP contribution < -0.4 is 10.6 Å². The Morgan fingerprint density at radius 3 is 2.74 bits per heavy atom. The molecule has 2 aliphatic rings. The molecule has 4 bridgehead atoms. The van der Waals surface area contributed by atoms with Gasteiger partial charge in [-0.15, -0.1) is 23.1 Å². The van der Waals surface area contributed by atoms with Gasteiger partial charge in [0.05, 0.1) is 13.0 Å². The number of fused-ring (bicyclic) bond motifs is 4. The molecule has 1 unspecified atom stereocenters. The number of rotatable bonds is 13. The second kappa shape index (κ2) is 17.9. The number of thiazole rings is 1. The van der Waals surface area contributed by atoms with Crippen molar-refractivity contribution in [2.75, 3.05) is 11.5 Å². The van der Waals surface area contributed by atoms with Gasteiger partial charge >= 0.3 is 5.97 Å². The average Bonchev–Trinajstić information content (AvgIpc) is 3.60. The van der Waals surface area contributed by atoms with Crippen LogP contribution in [0.5, 0.6) is 0 Å². The lowest BCUT2D eigenvalue weighted by Gasteiger charge is -2.27. The van der Waals surface area contributed by atoms with E-state index in [1.54, 1.807) is 13.0 Å². The van der Waals surface area contributed by atoms with E-state index in [0.29, 0.717) is 22.9 Å². The molecule has 0 saturated heterocycles. The fraction of sp³-hybridized carbons (Fsp3) is 0.677. The van der Waals surface area contributed by atoms with Crippen molar-refractivity contribution in [1.29, 1.82) is 0 Å². The normalized spacial score (nSPS) is 23.3. The van der Waals surface area contributed by atoms with Crippen molar-refractivity contribution in [2.24, 2.45) is 10.9 Å². The number of ether oxygens (including phenoxy) is 1. The van der Waals surface area contributed by atoms with E-state index in [1.165, 1.54) is 54.1 Å². The predicted molar refractivity (Wildman–Crippen MR) is 176 cm³/mol. The summed E-state index contributed by atoms with van der Waals surface area (Å²) >= 11 is 4.29. The number of hydrogen-bond acceptors (Lipinski definition) is 10. The fourth-order valence-corrected chi connectivity index (χ4v) is 7.36. The molecule has 0 saturated carbocycles. The molecule has 238 valence electrons. The summed E-state index contributed by atoms with van der Waals surface area (Å²) in [6.45, 7) is 7.89. The van der Waals surface area contributed by atoms with Crippen LogP contribution >= 0.6 is 34.9 Å². The van der Waals surface area contributed by atoms with E-state index in [2.05, 4.69) is 27.5 Å². The third-order valence-corrected chi connectivity index (χ3v) is 10.4. The van der Waals surface area contributed by atoms with Gasteiger partial charge in [-0.05, 0) is 44.6 Å². The number of esters is 1. The highest BCUT2D eigenvalue weighted by Gasteiger charge is 2.41. The first-order chi connectivity index (χ1) is 20.6. The number of thioether (sulfide) groups is 2. The topological polar surface area (TPSA) is 127 Å². The number of aromatic nitrogens is 1. The Kier molecular flexibility index (Phi) is 14.7. The number of aliphatic imine (C=N–C) groups is 1. The molecule has 43 heavy (non-hydrogen) atoms. The molecule has 12 heteroatoms. The number of hydrogen-bond donors (Lipinski definition) is 2. The molecular weight excluding hydrogens is 605 g/mol. The number of nitrogens with one attached hydrogen (secondary N) is 2. The SMILES string of the molecule is CCCCCCCC(=O)SCCCCC=C[C@@H]1CC(=O)NCc2nc(cs2)C2=N[C@@](C)(CS2)C(=O)NC(C(C)C)C(=O)O1. The number of cyclic esters (lactones) is 1. The molecule has 3 rings (SSSR count). The van der Waals surface area contributed by atoms with Gasteiger partial charge in [-0.2, -0.15) is 0 Å². The second-order valence-corrected chi connectivity index (χ2v) is 14.6. The lowest BCUT2D eigenvalue weighted by atomic mass is 10.0. The van der Waals surface area contributed by atoms with Crippen molar-refractivity contribution >= 4 is 62.8 Å². The quantitative estimate of drug-likeness (QED) is 0.156. The van der Waals surface area contributed by atoms with Gasteiger partial charge in [0, 0.05) is 23.3 Å². The summed E-state index contributed by atoms with van der Waals surface area (Å²) in [6.07, 6.45) is 11.8. The maximum absolute atomic E-state index is 13.3. The lowest BCUT2D eigenvalue weighted by Crippen LogP contribution is -2.53. The Hall–Kier alpha value is -2.18. The highest BCUT2D eigenvalue weighted by Crippen LogP contribution is 2.32. The molecule has 1 aromatic rings. The van der Waals surface area contributed by atoms with Crippen LogP contribution in [0.1, 0.15) is 103 Å². The highest BCUT2D eigenvalue weighted by atomic mass is 32.2. The van der Waals surface area contributed by atoms with Crippen LogP contribution in [-0.4, -0.2) is 62.1 Å². The van der Waals surface area contributed by atoms with Gasteiger partial charge in [0.2, 0.25) is 11.8 Å². The molecule has 9 nitrogen and oxygen atoms in total. The summed E-state index contributed by atoms with van der Waals surface area (Å²) in [5, 5.41) is 9.30. The van der Waals surface area contributed by atoms with Crippen molar-refractivity contribution in [3.63, 3.8) is 0 Å². The Bertz CT molecular complexity index is 1170. The Labute approximate surface area is 268 Å². The maximum Gasteiger partial charge on any atom is 0.329 e. The van der Waals surface area contributed by atoms with Gasteiger partial charge in [0.25, 0.3) is 0 Å². The molecule has 0 radical (unpaired) electrons. The molecule has 3 atom stereocenters. The number of amides is 2. The zero-order chi connectivity index (χ0) is 31.2. The third kappa shape index (κ3) is 11.7. The van der Waals surface area contributed by atoms with Crippen LogP contribution in [0, 0.1) is 5.92 Å². The van der Waals surface area contributed by atoms with Crippen LogP contribution in [0.2, 0.25) is 0 Å². The van der Waals surface area contributed by atoms with Gasteiger partial charge in [0.15, 0.2) is 5.12 Å². The first kappa shape index (κ1) is 35.3. The second-order valence-electron chi connectivity index (χ2n) is 11.6. The average molecular weight is 651 g/mol. The van der Waals surface area contributed by atoms with Gasteiger partial charge in [-0.25, -0.2) is 9.78 Å². The molecule has 0 spiro atoms. The standard InChI is InChI=1S/C31H46N4O5S3/c1-5-6-7-8-12-15-26(37)41-16-13-10-9-11-14-22-17-24(36)32-18-25-33-23(19-42-25)28-35-31(4,20-43-28)30(39)34-27(21(2)3)29(38)40-22/h11,14,19,21-22,27H,5-10,12-13,15-18,20H2,1-4H3,(H,32,36)(H,34,39)/t22-,27?,31+/m1/s1. The largest absolute Gasteiger partial charge is 0.456 e. The summed E-state index contributed by atoms with van der Waals surface area (Å²) in [7, 11) is 0. The summed E-state index contributed by atoms with van der Waals surface area (Å²) in [6, 6.07) is -0.882. The Morgan fingerprint density at radius 1 is 1.19 bits per heavy atom. The lowest BCUT2D eigenvalue weighted by molar-refractivity contribution is -0.153. The van der Waals surface area contributed by atoms with E-state index in [4.69, 9.17) is 4.74 Å². The Morgan fingerprint density at radius 2 is 1.98 bits per heavy atom. The molecule has 2 aliphatic heterocycles. The van der Waals surface area contributed by atoms with Crippen LogP contribution in [0.4, 0.5) is 0 Å². The smallest absolute Gasteiger partial charge is 0.329 e. The maximum atomic E-state index is 13.3. The predicted octanol–water partition coefficient (Wildman–Crippen LogP) is 5.81. The van der Waals surface area contributed by atoms with Crippen LogP contribution in [0.15, 0.2) is 22.5 Å². The van der Waals surface area contributed by atoms with E-state index in [0.717, 1.165) is 42.9 Å². The first-order valence-corrected chi connectivity index (χ1v) is 18.2. The summed E-state index contributed by atoms with van der Waals surface area (Å²) in [5.41, 5.74) is -0.340. The van der Waals surface area contributed by atoms with E-state index in [9.17, 15) is 19.2 Å².